The maximum absolute atomic E-state index is 13.8. The fourth-order valence-electron chi connectivity index (χ4n) is 4.19. The number of hydrogen-bond acceptors (Lipinski definition) is 1. The van der Waals surface area contributed by atoms with Gasteiger partial charge in [0.15, 0.2) is 6.20 Å². The predicted octanol–water partition coefficient (Wildman–Crippen LogP) is 6.50. The summed E-state index contributed by atoms with van der Waals surface area (Å²) in [7, 11) is 2.05. The van der Waals surface area contributed by atoms with Gasteiger partial charge in [-0.15, -0.1) is 0 Å². The Morgan fingerprint density at radius 2 is 1.59 bits per heavy atom. The van der Waals surface area contributed by atoms with Crippen LogP contribution in [0.15, 0.2) is 77.3 Å². The molecule has 5 rings (SSSR count). The molecule has 0 atom stereocenters. The maximum Gasteiger partial charge on any atom is 0.216 e. The van der Waals surface area contributed by atoms with E-state index in [9.17, 15) is 4.39 Å². The maximum atomic E-state index is 13.8. The van der Waals surface area contributed by atoms with E-state index < -0.39 is 0 Å². The standard InChI is InChI=1S/C26H21FNO/c1-16-9-11-21-20-12-10-19(27)13-24(20)29-26(21)25(16)23-14-22(17(2)15-28(23)3)18-7-5-4-6-8-18/h4-15H,1-3H3/q+1. The van der Waals surface area contributed by atoms with E-state index >= 15 is 0 Å². The topological polar surface area (TPSA) is 17.0 Å². The largest absolute Gasteiger partial charge is 0.455 e. The minimum Gasteiger partial charge on any atom is -0.455 e. The summed E-state index contributed by atoms with van der Waals surface area (Å²) in [4.78, 5) is 0. The van der Waals surface area contributed by atoms with Gasteiger partial charge in [-0.1, -0.05) is 42.5 Å². The lowest BCUT2D eigenvalue weighted by atomic mass is 9.96. The first-order chi connectivity index (χ1) is 14.0. The van der Waals surface area contributed by atoms with Crippen molar-refractivity contribution < 1.29 is 13.4 Å². The van der Waals surface area contributed by atoms with Gasteiger partial charge in [-0.2, -0.15) is 0 Å². The Kier molecular flexibility index (Phi) is 3.99. The van der Waals surface area contributed by atoms with Crippen LogP contribution in [0.1, 0.15) is 11.1 Å². The zero-order chi connectivity index (χ0) is 20.1. The molecule has 2 aromatic heterocycles. The molecular weight excluding hydrogens is 361 g/mol. The molecule has 0 N–H and O–H groups in total. The predicted molar refractivity (Wildman–Crippen MR) is 115 cm³/mol. The molecule has 0 saturated heterocycles. The van der Waals surface area contributed by atoms with Crippen LogP contribution in [0.3, 0.4) is 0 Å². The van der Waals surface area contributed by atoms with E-state index in [1.165, 1.54) is 28.8 Å². The SMILES string of the molecule is Cc1c[n+](C)c(-c2c(C)ccc3c2oc2cc(F)ccc23)cc1-c1ccccc1. The number of nitrogens with zero attached hydrogens (tertiary/aromatic N) is 1. The van der Waals surface area contributed by atoms with Crippen LogP contribution in [0.5, 0.6) is 0 Å². The summed E-state index contributed by atoms with van der Waals surface area (Å²) >= 11 is 0. The summed E-state index contributed by atoms with van der Waals surface area (Å²) < 4.78 is 22.1. The highest BCUT2D eigenvalue weighted by Gasteiger charge is 2.22. The van der Waals surface area contributed by atoms with Crippen molar-refractivity contribution in [3.05, 3.63) is 89.9 Å². The van der Waals surface area contributed by atoms with Crippen molar-refractivity contribution in [2.45, 2.75) is 13.8 Å². The van der Waals surface area contributed by atoms with Crippen LogP contribution >= 0.6 is 0 Å². The molecule has 0 aliphatic heterocycles. The second kappa shape index (κ2) is 6.56. The number of aryl methyl sites for hydroxylation is 3. The van der Waals surface area contributed by atoms with Crippen molar-refractivity contribution >= 4 is 21.9 Å². The molecule has 0 saturated carbocycles. The molecule has 0 unspecified atom stereocenters. The average molecular weight is 382 g/mol. The van der Waals surface area contributed by atoms with Gasteiger partial charge in [0.25, 0.3) is 0 Å². The number of furan rings is 1. The minimum absolute atomic E-state index is 0.290. The average Bonchev–Trinajstić information content (AvgIpc) is 3.07. The highest BCUT2D eigenvalue weighted by atomic mass is 19.1. The monoisotopic (exact) mass is 382 g/mol. The molecule has 0 aliphatic carbocycles. The third-order valence-corrected chi connectivity index (χ3v) is 5.63. The molecule has 2 heterocycles. The lowest BCUT2D eigenvalue weighted by Gasteiger charge is -2.10. The molecule has 142 valence electrons. The highest BCUT2D eigenvalue weighted by Crippen LogP contribution is 2.38. The number of fused-ring (bicyclic) bond motifs is 3. The molecule has 3 aromatic carbocycles. The smallest absolute Gasteiger partial charge is 0.216 e. The van der Waals surface area contributed by atoms with Gasteiger partial charge in [0.05, 0.1) is 5.56 Å². The summed E-state index contributed by atoms with van der Waals surface area (Å²) in [5, 5.41) is 1.93. The number of aromatic nitrogens is 1. The van der Waals surface area contributed by atoms with E-state index in [4.69, 9.17) is 4.42 Å². The molecule has 2 nitrogen and oxygen atoms in total. The summed E-state index contributed by atoms with van der Waals surface area (Å²) in [5.41, 5.74) is 8.18. The van der Waals surface area contributed by atoms with Crippen molar-refractivity contribution in [2.24, 2.45) is 7.05 Å². The molecular formula is C26H21FNO+. The lowest BCUT2D eigenvalue weighted by molar-refractivity contribution is -0.660. The second-order valence-electron chi connectivity index (χ2n) is 7.61. The van der Waals surface area contributed by atoms with E-state index in [0.29, 0.717) is 5.58 Å². The van der Waals surface area contributed by atoms with Gasteiger partial charge in [-0.25, -0.2) is 8.96 Å². The quantitative estimate of drug-likeness (QED) is 0.319. The fourth-order valence-corrected chi connectivity index (χ4v) is 4.19. The molecule has 5 aromatic rings. The zero-order valence-corrected chi connectivity index (χ0v) is 16.7. The van der Waals surface area contributed by atoms with Crippen molar-refractivity contribution in [1.82, 2.24) is 0 Å². The molecule has 0 aliphatic rings. The molecule has 0 radical (unpaired) electrons. The number of benzene rings is 3. The minimum atomic E-state index is -0.290. The molecule has 0 spiro atoms. The van der Waals surface area contributed by atoms with E-state index in [1.54, 1.807) is 6.07 Å². The van der Waals surface area contributed by atoms with Crippen LogP contribution in [0.4, 0.5) is 4.39 Å². The Bertz CT molecular complexity index is 1380. The molecule has 0 fully saturated rings. The normalized spacial score (nSPS) is 11.4. The van der Waals surface area contributed by atoms with Gasteiger partial charge in [-0.05, 0) is 42.7 Å². The van der Waals surface area contributed by atoms with E-state index in [1.807, 2.05) is 6.07 Å². The number of hydrogen-bond donors (Lipinski definition) is 0. The number of halogens is 1. The molecule has 29 heavy (non-hydrogen) atoms. The summed E-state index contributed by atoms with van der Waals surface area (Å²) in [6.07, 6.45) is 2.15. The van der Waals surface area contributed by atoms with Gasteiger partial charge in [0, 0.05) is 28.5 Å². The third kappa shape index (κ3) is 2.82. The van der Waals surface area contributed by atoms with Crippen LogP contribution in [0.2, 0.25) is 0 Å². The van der Waals surface area contributed by atoms with Crippen LogP contribution in [-0.2, 0) is 7.05 Å². The highest BCUT2D eigenvalue weighted by molar-refractivity contribution is 6.09. The van der Waals surface area contributed by atoms with E-state index in [2.05, 4.69) is 74.1 Å². The molecule has 0 amide bonds. The zero-order valence-electron chi connectivity index (χ0n) is 16.7. The number of pyridine rings is 1. The lowest BCUT2D eigenvalue weighted by Crippen LogP contribution is -2.31. The first kappa shape index (κ1) is 17.6. The van der Waals surface area contributed by atoms with Gasteiger partial charge in [0.2, 0.25) is 5.69 Å². The van der Waals surface area contributed by atoms with Gasteiger partial charge in [-0.3, -0.25) is 0 Å². The van der Waals surface area contributed by atoms with Crippen LogP contribution in [-0.4, -0.2) is 0 Å². The number of rotatable bonds is 2. The summed E-state index contributed by atoms with van der Waals surface area (Å²) in [6, 6.07) is 21.5. The van der Waals surface area contributed by atoms with Crippen LogP contribution < -0.4 is 4.57 Å². The Hall–Kier alpha value is -3.46. The first-order valence-electron chi connectivity index (χ1n) is 9.70. The summed E-state index contributed by atoms with van der Waals surface area (Å²) in [6.45, 7) is 4.22. The van der Waals surface area contributed by atoms with E-state index in [-0.39, 0.29) is 5.82 Å². The van der Waals surface area contributed by atoms with E-state index in [0.717, 1.165) is 33.2 Å². The second-order valence-corrected chi connectivity index (χ2v) is 7.61. The van der Waals surface area contributed by atoms with Crippen molar-refractivity contribution in [3.63, 3.8) is 0 Å². The Morgan fingerprint density at radius 3 is 2.38 bits per heavy atom. The van der Waals surface area contributed by atoms with Gasteiger partial charge < -0.3 is 4.42 Å². The van der Waals surface area contributed by atoms with Crippen molar-refractivity contribution in [2.75, 3.05) is 0 Å². The third-order valence-electron chi connectivity index (χ3n) is 5.63. The Balaban J connectivity index is 1.84. The fraction of sp³-hybridized carbons (Fsp3) is 0.115. The Labute approximate surface area is 168 Å². The van der Waals surface area contributed by atoms with Gasteiger partial charge >= 0.3 is 0 Å². The Morgan fingerprint density at radius 1 is 0.828 bits per heavy atom. The van der Waals surface area contributed by atoms with Gasteiger partial charge in [0.1, 0.15) is 24.0 Å². The molecule has 0 bridgehead atoms. The van der Waals surface area contributed by atoms with Crippen molar-refractivity contribution in [3.8, 4) is 22.4 Å². The van der Waals surface area contributed by atoms with Crippen molar-refractivity contribution in [1.29, 1.82) is 0 Å². The molecule has 3 heteroatoms. The summed E-state index contributed by atoms with van der Waals surface area (Å²) in [5.74, 6) is -0.290. The van der Waals surface area contributed by atoms with Crippen LogP contribution in [0, 0.1) is 19.7 Å². The van der Waals surface area contributed by atoms with Crippen LogP contribution in [0.25, 0.3) is 44.3 Å². The first-order valence-corrected chi connectivity index (χ1v) is 9.70.